The highest BCUT2D eigenvalue weighted by Gasteiger charge is 2.30. The van der Waals surface area contributed by atoms with E-state index < -0.39 is 11.7 Å². The largest absolute Gasteiger partial charge is 0.444 e. The Balaban J connectivity index is 1.86. The predicted octanol–water partition coefficient (Wildman–Crippen LogP) is 2.70. The van der Waals surface area contributed by atoms with Gasteiger partial charge in [-0.3, -0.25) is 0 Å². The fraction of sp³-hybridized carbons (Fsp3) is 0.231. The number of tetrazole rings is 1. The zero-order chi connectivity index (χ0) is 15.7. The molecule has 0 amide bonds. The van der Waals surface area contributed by atoms with Crippen LogP contribution in [0.15, 0.2) is 34.9 Å². The van der Waals surface area contributed by atoms with Crippen LogP contribution >= 0.6 is 0 Å². The van der Waals surface area contributed by atoms with Crippen LogP contribution in [0.25, 0.3) is 11.5 Å². The van der Waals surface area contributed by atoms with E-state index in [-0.39, 0.29) is 18.0 Å². The van der Waals surface area contributed by atoms with Crippen LogP contribution in [-0.2, 0) is 12.7 Å². The zero-order valence-corrected chi connectivity index (χ0v) is 11.4. The number of aryl methyl sites for hydroxylation is 1. The van der Waals surface area contributed by atoms with Gasteiger partial charge in [-0.1, -0.05) is 6.07 Å². The highest BCUT2D eigenvalue weighted by Crippen LogP contribution is 2.31. The lowest BCUT2D eigenvalue weighted by Gasteiger charge is -2.06. The molecular weight excluding hydrogens is 299 g/mol. The minimum absolute atomic E-state index is 0.117. The van der Waals surface area contributed by atoms with Gasteiger partial charge in [0, 0.05) is 5.56 Å². The average Bonchev–Trinajstić information content (AvgIpc) is 3.09. The monoisotopic (exact) mass is 309 g/mol. The Morgan fingerprint density at radius 3 is 2.77 bits per heavy atom. The van der Waals surface area contributed by atoms with Crippen LogP contribution < -0.4 is 0 Å². The Labute approximate surface area is 122 Å². The molecule has 3 rings (SSSR count). The lowest BCUT2D eigenvalue weighted by atomic mass is 10.1. The van der Waals surface area contributed by atoms with Crippen molar-refractivity contribution in [2.45, 2.75) is 19.6 Å². The second-order valence-corrected chi connectivity index (χ2v) is 4.61. The van der Waals surface area contributed by atoms with Gasteiger partial charge in [0.15, 0.2) is 0 Å². The Hall–Kier alpha value is -2.71. The number of alkyl halides is 3. The molecule has 2 heterocycles. The molecule has 114 valence electrons. The van der Waals surface area contributed by atoms with E-state index in [1.165, 1.54) is 23.1 Å². The maximum Gasteiger partial charge on any atom is 0.416 e. The van der Waals surface area contributed by atoms with Gasteiger partial charge in [-0.2, -0.15) is 13.2 Å². The minimum Gasteiger partial charge on any atom is -0.444 e. The van der Waals surface area contributed by atoms with Gasteiger partial charge in [0.05, 0.1) is 12.1 Å². The van der Waals surface area contributed by atoms with Crippen LogP contribution in [0.4, 0.5) is 13.2 Å². The van der Waals surface area contributed by atoms with Crippen LogP contribution in [0.5, 0.6) is 0 Å². The maximum absolute atomic E-state index is 12.7. The third-order valence-electron chi connectivity index (χ3n) is 3.01. The second kappa shape index (κ2) is 5.24. The molecule has 22 heavy (non-hydrogen) atoms. The SMILES string of the molecule is Cc1nnnn1Cc1coc(-c2cccc(C(F)(F)F)c2)n1. The zero-order valence-electron chi connectivity index (χ0n) is 11.4. The van der Waals surface area contributed by atoms with E-state index >= 15 is 0 Å². The van der Waals surface area contributed by atoms with Gasteiger partial charge >= 0.3 is 6.18 Å². The van der Waals surface area contributed by atoms with Crippen molar-refractivity contribution in [3.63, 3.8) is 0 Å². The molecule has 0 fully saturated rings. The summed E-state index contributed by atoms with van der Waals surface area (Å²) >= 11 is 0. The number of nitrogens with zero attached hydrogens (tertiary/aromatic N) is 5. The molecule has 0 radical (unpaired) electrons. The fourth-order valence-corrected chi connectivity index (χ4v) is 1.89. The number of hydrogen-bond donors (Lipinski definition) is 0. The fourth-order valence-electron chi connectivity index (χ4n) is 1.89. The smallest absolute Gasteiger partial charge is 0.416 e. The van der Waals surface area contributed by atoms with Crippen LogP contribution in [-0.4, -0.2) is 25.2 Å². The first-order chi connectivity index (χ1) is 10.4. The maximum atomic E-state index is 12.7. The molecule has 1 aromatic carbocycles. The van der Waals surface area contributed by atoms with Gasteiger partial charge in [0.25, 0.3) is 0 Å². The summed E-state index contributed by atoms with van der Waals surface area (Å²) in [5.74, 6) is 0.718. The van der Waals surface area contributed by atoms with E-state index in [1.54, 1.807) is 6.92 Å². The molecule has 0 bridgehead atoms. The lowest BCUT2D eigenvalue weighted by molar-refractivity contribution is -0.137. The molecule has 0 aliphatic carbocycles. The molecule has 3 aromatic rings. The first-order valence-electron chi connectivity index (χ1n) is 6.28. The van der Waals surface area contributed by atoms with Gasteiger partial charge < -0.3 is 4.42 Å². The van der Waals surface area contributed by atoms with Crippen molar-refractivity contribution in [1.29, 1.82) is 0 Å². The summed E-state index contributed by atoms with van der Waals surface area (Å²) in [6, 6.07) is 4.82. The van der Waals surface area contributed by atoms with E-state index in [9.17, 15) is 13.2 Å². The first kappa shape index (κ1) is 14.2. The van der Waals surface area contributed by atoms with Crippen LogP contribution in [0, 0.1) is 6.92 Å². The normalized spacial score (nSPS) is 11.8. The van der Waals surface area contributed by atoms with Gasteiger partial charge in [-0.05, 0) is 35.5 Å². The van der Waals surface area contributed by atoms with Gasteiger partial charge in [0.2, 0.25) is 5.89 Å². The number of halogens is 3. The van der Waals surface area contributed by atoms with Gasteiger partial charge in [0.1, 0.15) is 17.8 Å². The average molecular weight is 309 g/mol. The summed E-state index contributed by atoms with van der Waals surface area (Å²) in [5.41, 5.74) is 0.0263. The number of oxazole rings is 1. The standard InChI is InChI=1S/C13H10F3N5O/c1-8-18-19-20-21(8)6-11-7-22-12(17-11)9-3-2-4-10(5-9)13(14,15)16/h2-5,7H,6H2,1H3. The van der Waals surface area contributed by atoms with Crippen molar-refractivity contribution in [2.24, 2.45) is 0 Å². The molecule has 0 spiro atoms. The summed E-state index contributed by atoms with van der Waals surface area (Å²) in [5, 5.41) is 11.0. The minimum atomic E-state index is -4.41. The van der Waals surface area contributed by atoms with Crippen LogP contribution in [0.1, 0.15) is 17.1 Å². The summed E-state index contributed by atoms with van der Waals surface area (Å²) in [7, 11) is 0. The molecule has 0 atom stereocenters. The van der Waals surface area contributed by atoms with Crippen molar-refractivity contribution in [3.05, 3.63) is 47.6 Å². The van der Waals surface area contributed by atoms with Crippen molar-refractivity contribution in [1.82, 2.24) is 25.2 Å². The van der Waals surface area contributed by atoms with E-state index in [0.29, 0.717) is 11.5 Å². The van der Waals surface area contributed by atoms with E-state index in [0.717, 1.165) is 12.1 Å². The van der Waals surface area contributed by atoms with Crippen molar-refractivity contribution < 1.29 is 17.6 Å². The van der Waals surface area contributed by atoms with Gasteiger partial charge in [-0.15, -0.1) is 5.10 Å². The molecule has 2 aromatic heterocycles. The third kappa shape index (κ3) is 2.83. The van der Waals surface area contributed by atoms with Crippen LogP contribution in [0.3, 0.4) is 0 Å². The molecule has 0 aliphatic heterocycles. The summed E-state index contributed by atoms with van der Waals surface area (Å²) in [6.45, 7) is 2.01. The number of aromatic nitrogens is 5. The van der Waals surface area contributed by atoms with Gasteiger partial charge in [-0.25, -0.2) is 9.67 Å². The highest BCUT2D eigenvalue weighted by molar-refractivity contribution is 5.54. The Bertz CT molecular complexity index is 793. The van der Waals surface area contributed by atoms with E-state index in [4.69, 9.17) is 4.42 Å². The number of rotatable bonds is 3. The predicted molar refractivity (Wildman–Crippen MR) is 68.6 cm³/mol. The van der Waals surface area contributed by atoms with Crippen molar-refractivity contribution in [2.75, 3.05) is 0 Å². The lowest BCUT2D eigenvalue weighted by Crippen LogP contribution is -2.05. The molecule has 0 saturated carbocycles. The number of hydrogen-bond acceptors (Lipinski definition) is 5. The molecule has 0 unspecified atom stereocenters. The summed E-state index contributed by atoms with van der Waals surface area (Å²) in [6.07, 6.45) is -3.04. The molecule has 9 heteroatoms. The van der Waals surface area contributed by atoms with E-state index in [2.05, 4.69) is 20.5 Å². The summed E-state index contributed by atoms with van der Waals surface area (Å²) < 4.78 is 44.9. The van der Waals surface area contributed by atoms with Crippen molar-refractivity contribution in [3.8, 4) is 11.5 Å². The summed E-state index contributed by atoms with van der Waals surface area (Å²) in [4.78, 5) is 4.17. The third-order valence-corrected chi connectivity index (χ3v) is 3.01. The molecule has 0 saturated heterocycles. The molecular formula is C13H10F3N5O. The first-order valence-corrected chi connectivity index (χ1v) is 6.28. The Kier molecular flexibility index (Phi) is 3.39. The Morgan fingerprint density at radius 1 is 1.27 bits per heavy atom. The van der Waals surface area contributed by atoms with Crippen molar-refractivity contribution >= 4 is 0 Å². The Morgan fingerprint density at radius 2 is 2.09 bits per heavy atom. The molecule has 6 nitrogen and oxygen atoms in total. The molecule has 0 aliphatic rings. The number of benzene rings is 1. The quantitative estimate of drug-likeness (QED) is 0.744. The highest BCUT2D eigenvalue weighted by atomic mass is 19.4. The van der Waals surface area contributed by atoms with Crippen LogP contribution in [0.2, 0.25) is 0 Å². The van der Waals surface area contributed by atoms with E-state index in [1.807, 2.05) is 0 Å². The molecule has 0 N–H and O–H groups in total. The second-order valence-electron chi connectivity index (χ2n) is 4.61. The topological polar surface area (TPSA) is 69.6 Å².